The average Bonchev–Trinajstić information content (AvgIpc) is 3.05. The highest BCUT2D eigenvalue weighted by Crippen LogP contribution is 2.49. The van der Waals surface area contributed by atoms with E-state index in [9.17, 15) is 0 Å². The summed E-state index contributed by atoms with van der Waals surface area (Å²) in [6.45, 7) is 8.72. The van der Waals surface area contributed by atoms with Crippen molar-refractivity contribution in [3.05, 3.63) is 18.0 Å². The molecule has 102 valence electrons. The second-order valence-corrected chi connectivity index (χ2v) is 5.49. The topological polar surface area (TPSA) is 29.9 Å². The molecule has 1 aliphatic rings. The van der Waals surface area contributed by atoms with Crippen molar-refractivity contribution >= 4 is 0 Å². The number of rotatable bonds is 6. The molecule has 0 aliphatic heterocycles. The average molecular weight is 249 g/mol. The Morgan fingerprint density at radius 2 is 2.06 bits per heavy atom. The zero-order valence-electron chi connectivity index (χ0n) is 12.1. The summed E-state index contributed by atoms with van der Waals surface area (Å²) in [5, 5.41) is 8.18. The first-order chi connectivity index (χ1) is 8.77. The third kappa shape index (κ3) is 2.33. The van der Waals surface area contributed by atoms with Crippen LogP contribution in [0.25, 0.3) is 0 Å². The molecule has 0 saturated heterocycles. The van der Waals surface area contributed by atoms with E-state index < -0.39 is 0 Å². The Hall–Kier alpha value is -0.830. The summed E-state index contributed by atoms with van der Waals surface area (Å²) in [5.41, 5.74) is 1.83. The normalized spacial score (nSPS) is 20.2. The van der Waals surface area contributed by atoms with Gasteiger partial charge < -0.3 is 5.32 Å². The SMILES string of the molecule is CCNC(c1ccnn1CC)C1(CC)CCCC1. The molecular formula is C15H27N3. The first-order valence-electron chi connectivity index (χ1n) is 7.52. The summed E-state index contributed by atoms with van der Waals surface area (Å²) in [4.78, 5) is 0. The number of aryl methyl sites for hydroxylation is 1. The van der Waals surface area contributed by atoms with Gasteiger partial charge in [0.2, 0.25) is 0 Å². The van der Waals surface area contributed by atoms with Gasteiger partial charge in [0.15, 0.2) is 0 Å². The van der Waals surface area contributed by atoms with E-state index in [1.54, 1.807) is 0 Å². The summed E-state index contributed by atoms with van der Waals surface area (Å²) < 4.78 is 2.16. The quantitative estimate of drug-likeness (QED) is 0.836. The maximum absolute atomic E-state index is 4.45. The van der Waals surface area contributed by atoms with Crippen molar-refractivity contribution < 1.29 is 0 Å². The van der Waals surface area contributed by atoms with Crippen molar-refractivity contribution in [1.82, 2.24) is 15.1 Å². The largest absolute Gasteiger partial charge is 0.308 e. The summed E-state index contributed by atoms with van der Waals surface area (Å²) in [6, 6.07) is 2.67. The van der Waals surface area contributed by atoms with Gasteiger partial charge in [-0.15, -0.1) is 0 Å². The lowest BCUT2D eigenvalue weighted by molar-refractivity contribution is 0.180. The molecule has 1 aromatic heterocycles. The van der Waals surface area contributed by atoms with Crippen molar-refractivity contribution in [2.45, 2.75) is 65.5 Å². The summed E-state index contributed by atoms with van der Waals surface area (Å²) in [6.07, 6.45) is 8.69. The first kappa shape index (κ1) is 13.6. The summed E-state index contributed by atoms with van der Waals surface area (Å²) in [7, 11) is 0. The fourth-order valence-corrected chi connectivity index (χ4v) is 3.62. The molecule has 1 aliphatic carbocycles. The molecule has 1 atom stereocenters. The van der Waals surface area contributed by atoms with E-state index in [0.29, 0.717) is 11.5 Å². The molecule has 1 aromatic rings. The van der Waals surface area contributed by atoms with Crippen LogP contribution in [0.4, 0.5) is 0 Å². The third-order valence-electron chi connectivity index (χ3n) is 4.67. The van der Waals surface area contributed by atoms with Gasteiger partial charge in [-0.3, -0.25) is 4.68 Å². The minimum Gasteiger partial charge on any atom is -0.308 e. The van der Waals surface area contributed by atoms with E-state index in [0.717, 1.165) is 13.1 Å². The van der Waals surface area contributed by atoms with Gasteiger partial charge in [-0.25, -0.2) is 0 Å². The van der Waals surface area contributed by atoms with Crippen LogP contribution in [0.1, 0.15) is 64.6 Å². The van der Waals surface area contributed by atoms with Crippen LogP contribution >= 0.6 is 0 Å². The van der Waals surface area contributed by atoms with Crippen LogP contribution in [-0.2, 0) is 6.54 Å². The molecule has 3 heteroatoms. The fraction of sp³-hybridized carbons (Fsp3) is 0.800. The highest BCUT2D eigenvalue weighted by atomic mass is 15.3. The molecule has 1 N–H and O–H groups in total. The molecule has 1 fully saturated rings. The minimum absolute atomic E-state index is 0.447. The number of nitrogens with zero attached hydrogens (tertiary/aromatic N) is 2. The Balaban J connectivity index is 2.32. The Labute approximate surface area is 111 Å². The van der Waals surface area contributed by atoms with Crippen LogP contribution in [-0.4, -0.2) is 16.3 Å². The van der Waals surface area contributed by atoms with Crippen molar-refractivity contribution in [1.29, 1.82) is 0 Å². The van der Waals surface area contributed by atoms with E-state index in [4.69, 9.17) is 0 Å². The molecule has 18 heavy (non-hydrogen) atoms. The number of aromatic nitrogens is 2. The fourth-order valence-electron chi connectivity index (χ4n) is 3.62. The van der Waals surface area contributed by atoms with Crippen molar-refractivity contribution in [2.75, 3.05) is 6.54 Å². The number of nitrogens with one attached hydrogen (secondary N) is 1. The number of hydrogen-bond acceptors (Lipinski definition) is 2. The molecule has 2 rings (SSSR count). The van der Waals surface area contributed by atoms with Gasteiger partial charge >= 0.3 is 0 Å². The monoisotopic (exact) mass is 249 g/mol. The van der Waals surface area contributed by atoms with Crippen molar-refractivity contribution in [3.8, 4) is 0 Å². The van der Waals surface area contributed by atoms with Gasteiger partial charge in [0.05, 0.1) is 11.7 Å². The predicted octanol–water partition coefficient (Wildman–Crippen LogP) is 3.52. The van der Waals surface area contributed by atoms with Gasteiger partial charge in [-0.1, -0.05) is 26.7 Å². The van der Waals surface area contributed by atoms with E-state index in [-0.39, 0.29) is 0 Å². The van der Waals surface area contributed by atoms with Gasteiger partial charge in [-0.2, -0.15) is 5.10 Å². The highest BCUT2D eigenvalue weighted by Gasteiger charge is 2.41. The van der Waals surface area contributed by atoms with Crippen LogP contribution in [0, 0.1) is 5.41 Å². The second-order valence-electron chi connectivity index (χ2n) is 5.49. The Bertz CT molecular complexity index is 364. The molecule has 1 unspecified atom stereocenters. The molecule has 0 radical (unpaired) electrons. The maximum atomic E-state index is 4.45. The molecule has 3 nitrogen and oxygen atoms in total. The van der Waals surface area contributed by atoms with Crippen molar-refractivity contribution in [3.63, 3.8) is 0 Å². The van der Waals surface area contributed by atoms with Gasteiger partial charge in [-0.05, 0) is 44.2 Å². The van der Waals surface area contributed by atoms with Gasteiger partial charge in [0.25, 0.3) is 0 Å². The zero-order valence-corrected chi connectivity index (χ0v) is 12.1. The lowest BCUT2D eigenvalue weighted by Gasteiger charge is -2.37. The van der Waals surface area contributed by atoms with E-state index in [1.807, 2.05) is 6.20 Å². The van der Waals surface area contributed by atoms with Crippen LogP contribution in [0.2, 0.25) is 0 Å². The van der Waals surface area contributed by atoms with Crippen LogP contribution < -0.4 is 5.32 Å². The molecular weight excluding hydrogens is 222 g/mol. The van der Waals surface area contributed by atoms with Gasteiger partial charge in [0, 0.05) is 12.7 Å². The lowest BCUT2D eigenvalue weighted by atomic mass is 9.74. The maximum Gasteiger partial charge on any atom is 0.0559 e. The van der Waals surface area contributed by atoms with E-state index in [1.165, 1.54) is 37.8 Å². The third-order valence-corrected chi connectivity index (χ3v) is 4.67. The number of hydrogen-bond donors (Lipinski definition) is 1. The smallest absolute Gasteiger partial charge is 0.0559 e. The molecule has 0 bridgehead atoms. The van der Waals surface area contributed by atoms with Crippen LogP contribution in [0.5, 0.6) is 0 Å². The second kappa shape index (κ2) is 5.87. The lowest BCUT2D eigenvalue weighted by Crippen LogP contribution is -2.37. The van der Waals surface area contributed by atoms with Crippen molar-refractivity contribution in [2.24, 2.45) is 5.41 Å². The first-order valence-corrected chi connectivity index (χ1v) is 7.52. The standard InChI is InChI=1S/C15H27N3/c1-4-15(10-7-8-11-15)14(16-5-2)13-9-12-17-18(13)6-3/h9,12,14,16H,4-8,10-11H2,1-3H3. The Kier molecular flexibility index (Phi) is 4.44. The molecule has 0 aromatic carbocycles. The van der Waals surface area contributed by atoms with Crippen LogP contribution in [0.15, 0.2) is 12.3 Å². The summed E-state index contributed by atoms with van der Waals surface area (Å²) in [5.74, 6) is 0. The molecule has 1 saturated carbocycles. The Morgan fingerprint density at radius 3 is 2.61 bits per heavy atom. The summed E-state index contributed by atoms with van der Waals surface area (Å²) >= 11 is 0. The zero-order chi connectivity index (χ0) is 13.0. The highest BCUT2D eigenvalue weighted by molar-refractivity contribution is 5.13. The minimum atomic E-state index is 0.447. The molecule has 0 spiro atoms. The Morgan fingerprint density at radius 1 is 1.33 bits per heavy atom. The van der Waals surface area contributed by atoms with E-state index in [2.05, 4.69) is 41.9 Å². The predicted molar refractivity (Wildman–Crippen MR) is 75.5 cm³/mol. The molecule has 0 amide bonds. The van der Waals surface area contributed by atoms with Crippen LogP contribution in [0.3, 0.4) is 0 Å². The van der Waals surface area contributed by atoms with Gasteiger partial charge in [0.1, 0.15) is 0 Å². The van der Waals surface area contributed by atoms with E-state index >= 15 is 0 Å². The molecule has 1 heterocycles.